The van der Waals surface area contributed by atoms with E-state index in [0.29, 0.717) is 5.92 Å². The Hall–Kier alpha value is -0.470. The van der Waals surface area contributed by atoms with Gasteiger partial charge in [0.15, 0.2) is 0 Å². The first kappa shape index (κ1) is 14.0. The van der Waals surface area contributed by atoms with Crippen molar-refractivity contribution in [3.8, 4) is 0 Å². The molecule has 0 aliphatic heterocycles. The van der Waals surface area contributed by atoms with Gasteiger partial charge in [-0.1, -0.05) is 38.5 Å². The third kappa shape index (κ3) is 2.92. The summed E-state index contributed by atoms with van der Waals surface area (Å²) < 4.78 is 0. The Labute approximate surface area is 116 Å². The molecule has 4 unspecified atom stereocenters. The molecule has 0 spiro atoms. The Morgan fingerprint density at radius 3 is 2.56 bits per heavy atom. The molecule has 1 aromatic carbocycles. The smallest absolute Gasteiger partial charge is 0.0334 e. The highest BCUT2D eigenvalue weighted by atomic mass is 32.2. The molecule has 2 heteroatoms. The van der Waals surface area contributed by atoms with Crippen molar-refractivity contribution in [2.45, 2.75) is 44.0 Å². The van der Waals surface area contributed by atoms with Gasteiger partial charge in [0, 0.05) is 10.9 Å². The maximum Gasteiger partial charge on any atom is 0.0334 e. The molecule has 0 saturated heterocycles. The van der Waals surface area contributed by atoms with Crippen molar-refractivity contribution >= 4 is 11.8 Å². The van der Waals surface area contributed by atoms with Gasteiger partial charge < -0.3 is 5.73 Å². The monoisotopic (exact) mass is 263 g/mol. The van der Waals surface area contributed by atoms with Crippen LogP contribution in [0.2, 0.25) is 0 Å². The lowest BCUT2D eigenvalue weighted by Gasteiger charge is -2.35. The van der Waals surface area contributed by atoms with Gasteiger partial charge >= 0.3 is 0 Å². The van der Waals surface area contributed by atoms with Crippen LogP contribution in [0.1, 0.15) is 44.7 Å². The van der Waals surface area contributed by atoms with Crippen LogP contribution in [0.3, 0.4) is 0 Å². The molecule has 18 heavy (non-hydrogen) atoms. The molecule has 1 nitrogen and oxygen atoms in total. The summed E-state index contributed by atoms with van der Waals surface area (Å²) in [5.41, 5.74) is 7.88. The molecule has 100 valence electrons. The summed E-state index contributed by atoms with van der Waals surface area (Å²) in [7, 11) is 0. The third-order valence-corrected chi connectivity index (χ3v) is 5.46. The van der Waals surface area contributed by atoms with E-state index in [-0.39, 0.29) is 6.04 Å². The van der Waals surface area contributed by atoms with Gasteiger partial charge in [0.05, 0.1) is 0 Å². The molecule has 1 aliphatic carbocycles. The fraction of sp³-hybridized carbons (Fsp3) is 0.625. The van der Waals surface area contributed by atoms with Crippen LogP contribution in [-0.4, -0.2) is 6.26 Å². The van der Waals surface area contributed by atoms with Crippen LogP contribution in [0, 0.1) is 17.8 Å². The van der Waals surface area contributed by atoms with Gasteiger partial charge in [-0.2, -0.15) is 0 Å². The van der Waals surface area contributed by atoms with Gasteiger partial charge in [0.25, 0.3) is 0 Å². The van der Waals surface area contributed by atoms with Crippen LogP contribution >= 0.6 is 11.8 Å². The van der Waals surface area contributed by atoms with Gasteiger partial charge in [0.1, 0.15) is 0 Å². The lowest BCUT2D eigenvalue weighted by molar-refractivity contribution is 0.185. The second-order valence-corrected chi connectivity index (χ2v) is 6.64. The SMILES string of the molecule is CSc1ccccc1C(N)C1CCC(C)C(C)C1. The average Bonchev–Trinajstić information content (AvgIpc) is 2.41. The Bertz CT molecular complexity index is 390. The van der Waals surface area contributed by atoms with Crippen LogP contribution < -0.4 is 5.73 Å². The molecule has 0 heterocycles. The van der Waals surface area contributed by atoms with E-state index in [0.717, 1.165) is 11.8 Å². The maximum absolute atomic E-state index is 6.54. The molecule has 0 aromatic heterocycles. The molecule has 0 radical (unpaired) electrons. The molecule has 4 atom stereocenters. The Morgan fingerprint density at radius 2 is 1.89 bits per heavy atom. The summed E-state index contributed by atoms with van der Waals surface area (Å²) in [6, 6.07) is 8.83. The zero-order valence-corrected chi connectivity index (χ0v) is 12.5. The van der Waals surface area contributed by atoms with E-state index in [9.17, 15) is 0 Å². The number of rotatable bonds is 3. The summed E-state index contributed by atoms with van der Waals surface area (Å²) in [5, 5.41) is 0. The molecule has 2 rings (SSSR count). The average molecular weight is 263 g/mol. The predicted molar refractivity (Wildman–Crippen MR) is 80.8 cm³/mol. The zero-order chi connectivity index (χ0) is 13.1. The van der Waals surface area contributed by atoms with Crippen molar-refractivity contribution in [2.75, 3.05) is 6.26 Å². The zero-order valence-electron chi connectivity index (χ0n) is 11.7. The molecule has 1 saturated carbocycles. The first-order valence-electron chi connectivity index (χ1n) is 7.02. The highest BCUT2D eigenvalue weighted by Gasteiger charge is 2.29. The highest BCUT2D eigenvalue weighted by Crippen LogP contribution is 2.40. The normalized spacial score (nSPS) is 30.1. The second kappa shape index (κ2) is 6.12. The molecule has 1 fully saturated rings. The van der Waals surface area contributed by atoms with Crippen LogP contribution in [-0.2, 0) is 0 Å². The predicted octanol–water partition coefficient (Wildman–Crippen LogP) is 4.48. The minimum absolute atomic E-state index is 0.212. The number of hydrogen-bond donors (Lipinski definition) is 1. The quantitative estimate of drug-likeness (QED) is 0.814. The first-order valence-corrected chi connectivity index (χ1v) is 8.24. The lowest BCUT2D eigenvalue weighted by Crippen LogP contribution is -2.29. The van der Waals surface area contributed by atoms with Crippen molar-refractivity contribution < 1.29 is 0 Å². The molecule has 0 bridgehead atoms. The first-order chi connectivity index (χ1) is 8.63. The van der Waals surface area contributed by atoms with Gasteiger partial charge in [0.2, 0.25) is 0 Å². The molecule has 2 N–H and O–H groups in total. The van der Waals surface area contributed by atoms with E-state index in [2.05, 4.69) is 44.4 Å². The van der Waals surface area contributed by atoms with E-state index in [1.807, 2.05) is 11.8 Å². The summed E-state index contributed by atoms with van der Waals surface area (Å²) in [6.45, 7) is 4.76. The molecule has 1 aromatic rings. The van der Waals surface area contributed by atoms with Crippen LogP contribution in [0.5, 0.6) is 0 Å². The lowest BCUT2D eigenvalue weighted by atomic mass is 9.72. The van der Waals surface area contributed by atoms with E-state index < -0.39 is 0 Å². The van der Waals surface area contributed by atoms with Crippen molar-refractivity contribution in [3.05, 3.63) is 29.8 Å². The number of benzene rings is 1. The van der Waals surface area contributed by atoms with Crippen LogP contribution in [0.15, 0.2) is 29.2 Å². The van der Waals surface area contributed by atoms with Crippen LogP contribution in [0.25, 0.3) is 0 Å². The Morgan fingerprint density at radius 1 is 1.17 bits per heavy atom. The van der Waals surface area contributed by atoms with Crippen molar-refractivity contribution in [3.63, 3.8) is 0 Å². The van der Waals surface area contributed by atoms with Crippen molar-refractivity contribution in [1.29, 1.82) is 0 Å². The standard InChI is InChI=1S/C16H25NS/c1-11-8-9-13(10-12(11)2)16(17)14-6-4-5-7-15(14)18-3/h4-7,11-13,16H,8-10,17H2,1-3H3. The van der Waals surface area contributed by atoms with Crippen molar-refractivity contribution in [2.24, 2.45) is 23.5 Å². The third-order valence-electron chi connectivity index (χ3n) is 4.64. The van der Waals surface area contributed by atoms with Gasteiger partial charge in [-0.3, -0.25) is 0 Å². The fourth-order valence-corrected chi connectivity index (χ4v) is 3.77. The minimum atomic E-state index is 0.212. The van der Waals surface area contributed by atoms with Gasteiger partial charge in [-0.15, -0.1) is 11.8 Å². The summed E-state index contributed by atoms with van der Waals surface area (Å²) in [6.07, 6.45) is 6.04. The number of nitrogens with two attached hydrogens (primary N) is 1. The number of hydrogen-bond acceptors (Lipinski definition) is 2. The van der Waals surface area contributed by atoms with E-state index >= 15 is 0 Å². The molecular weight excluding hydrogens is 238 g/mol. The molecular formula is C16H25NS. The second-order valence-electron chi connectivity index (χ2n) is 5.80. The van der Waals surface area contributed by atoms with Crippen LogP contribution in [0.4, 0.5) is 0 Å². The van der Waals surface area contributed by atoms with E-state index in [1.165, 1.54) is 29.7 Å². The number of thioether (sulfide) groups is 1. The van der Waals surface area contributed by atoms with Crippen molar-refractivity contribution in [1.82, 2.24) is 0 Å². The summed E-state index contributed by atoms with van der Waals surface area (Å²) >= 11 is 1.81. The largest absolute Gasteiger partial charge is 0.324 e. The molecule has 1 aliphatic rings. The maximum atomic E-state index is 6.54. The van der Waals surface area contributed by atoms with Gasteiger partial charge in [-0.05, 0) is 48.5 Å². The van der Waals surface area contributed by atoms with Gasteiger partial charge in [-0.25, -0.2) is 0 Å². The Balaban J connectivity index is 2.13. The Kier molecular flexibility index (Phi) is 4.74. The minimum Gasteiger partial charge on any atom is -0.324 e. The fourth-order valence-electron chi connectivity index (χ4n) is 3.11. The summed E-state index contributed by atoms with van der Waals surface area (Å²) in [4.78, 5) is 1.34. The molecule has 0 amide bonds. The summed E-state index contributed by atoms with van der Waals surface area (Å²) in [5.74, 6) is 2.34. The van der Waals surface area contributed by atoms with E-state index in [1.54, 1.807) is 0 Å². The highest BCUT2D eigenvalue weighted by molar-refractivity contribution is 7.98. The topological polar surface area (TPSA) is 26.0 Å². The van der Waals surface area contributed by atoms with E-state index in [4.69, 9.17) is 5.73 Å².